The third-order valence-electron chi connectivity index (χ3n) is 5.06. The lowest BCUT2D eigenvalue weighted by molar-refractivity contribution is 0.0536. The monoisotopic (exact) mass is 333 g/mol. The van der Waals surface area contributed by atoms with Gasteiger partial charge in [-0.3, -0.25) is 4.79 Å². The number of ether oxygens (including phenoxy) is 2. The second-order valence-electron chi connectivity index (χ2n) is 6.81. The highest BCUT2D eigenvalue weighted by Gasteiger charge is 2.31. The first kappa shape index (κ1) is 17.2. The molecule has 1 aromatic rings. The van der Waals surface area contributed by atoms with Gasteiger partial charge in [-0.2, -0.15) is 0 Å². The van der Waals surface area contributed by atoms with Gasteiger partial charge in [-0.1, -0.05) is 0 Å². The van der Waals surface area contributed by atoms with E-state index in [4.69, 9.17) is 9.47 Å². The van der Waals surface area contributed by atoms with Crippen LogP contribution in [0.2, 0.25) is 0 Å². The van der Waals surface area contributed by atoms with E-state index >= 15 is 0 Å². The van der Waals surface area contributed by atoms with Gasteiger partial charge < -0.3 is 19.3 Å². The molecule has 3 rings (SSSR count). The molecule has 0 radical (unpaired) electrons. The number of amides is 1. The van der Waals surface area contributed by atoms with Crippen molar-refractivity contribution in [2.24, 2.45) is 5.92 Å². The molecule has 0 aromatic carbocycles. The minimum absolute atomic E-state index is 0.0756. The minimum Gasteiger partial charge on any atom is -0.481 e. The first-order valence-electron chi connectivity index (χ1n) is 8.74. The number of pyridine rings is 1. The average molecular weight is 333 g/mol. The van der Waals surface area contributed by atoms with Crippen molar-refractivity contribution in [3.05, 3.63) is 23.9 Å². The van der Waals surface area contributed by atoms with Crippen molar-refractivity contribution in [2.45, 2.75) is 25.3 Å². The lowest BCUT2D eigenvalue weighted by Gasteiger charge is -2.38. The van der Waals surface area contributed by atoms with E-state index in [9.17, 15) is 4.79 Å². The fourth-order valence-electron chi connectivity index (χ4n) is 3.50. The van der Waals surface area contributed by atoms with Crippen molar-refractivity contribution < 1.29 is 14.3 Å². The smallest absolute Gasteiger partial charge is 0.255 e. The number of methoxy groups -OCH3 is 1. The van der Waals surface area contributed by atoms with Crippen LogP contribution in [0.15, 0.2) is 18.3 Å². The predicted octanol–water partition coefficient (Wildman–Crippen LogP) is 1.66. The van der Waals surface area contributed by atoms with Gasteiger partial charge in [-0.05, 0) is 45.5 Å². The summed E-state index contributed by atoms with van der Waals surface area (Å²) in [7, 11) is 3.72. The second-order valence-corrected chi connectivity index (χ2v) is 6.81. The summed E-state index contributed by atoms with van der Waals surface area (Å²) >= 11 is 0. The Morgan fingerprint density at radius 1 is 1.38 bits per heavy atom. The number of rotatable bonds is 5. The van der Waals surface area contributed by atoms with Crippen molar-refractivity contribution in [3.8, 4) is 5.88 Å². The van der Waals surface area contributed by atoms with Crippen LogP contribution in [0.3, 0.4) is 0 Å². The molecule has 1 aromatic heterocycles. The van der Waals surface area contributed by atoms with E-state index in [0.717, 1.165) is 52.1 Å². The number of piperidine rings is 1. The topological polar surface area (TPSA) is 54.9 Å². The van der Waals surface area contributed by atoms with E-state index in [2.05, 4.69) is 21.8 Å². The van der Waals surface area contributed by atoms with Gasteiger partial charge in [0.2, 0.25) is 5.88 Å². The molecule has 0 N–H and O–H groups in total. The summed E-state index contributed by atoms with van der Waals surface area (Å²) in [5.41, 5.74) is 0.633. The summed E-state index contributed by atoms with van der Waals surface area (Å²) in [5.74, 6) is 1.05. The standard InChI is InChI=1S/C18H27N3O3/c1-20-8-5-16(6-9-20)21(12-14-7-10-24-13-14)18(22)15-3-4-17(23-2)19-11-15/h3-4,11,14,16H,5-10,12-13H2,1-2H3. The molecule has 132 valence electrons. The molecule has 0 spiro atoms. The number of carbonyl (C=O) groups excluding carboxylic acids is 1. The van der Waals surface area contributed by atoms with Crippen molar-refractivity contribution in [2.75, 3.05) is 47.0 Å². The van der Waals surface area contributed by atoms with E-state index in [1.54, 1.807) is 25.4 Å². The Balaban J connectivity index is 1.75. The number of nitrogens with zero attached hydrogens (tertiary/aromatic N) is 3. The summed E-state index contributed by atoms with van der Waals surface area (Å²) in [6.07, 6.45) is 4.71. The van der Waals surface area contributed by atoms with Gasteiger partial charge in [-0.15, -0.1) is 0 Å². The summed E-state index contributed by atoms with van der Waals surface area (Å²) in [4.78, 5) is 21.7. The predicted molar refractivity (Wildman–Crippen MR) is 91.3 cm³/mol. The molecule has 2 aliphatic heterocycles. The normalized spacial score (nSPS) is 22.5. The Labute approximate surface area is 143 Å². The van der Waals surface area contributed by atoms with Crippen molar-refractivity contribution in [1.82, 2.24) is 14.8 Å². The summed E-state index contributed by atoms with van der Waals surface area (Å²) < 4.78 is 10.6. The first-order chi connectivity index (χ1) is 11.7. The number of hydrogen-bond donors (Lipinski definition) is 0. The van der Waals surface area contributed by atoms with Crippen LogP contribution in [-0.4, -0.2) is 73.7 Å². The van der Waals surface area contributed by atoms with Crippen molar-refractivity contribution in [1.29, 1.82) is 0 Å². The van der Waals surface area contributed by atoms with Crippen LogP contribution in [0.25, 0.3) is 0 Å². The lowest BCUT2D eigenvalue weighted by Crippen LogP contribution is -2.48. The van der Waals surface area contributed by atoms with E-state index in [1.807, 2.05) is 0 Å². The van der Waals surface area contributed by atoms with E-state index in [0.29, 0.717) is 23.4 Å². The molecular formula is C18H27N3O3. The number of likely N-dealkylation sites (tertiary alicyclic amines) is 1. The van der Waals surface area contributed by atoms with Crippen LogP contribution in [0.5, 0.6) is 5.88 Å². The van der Waals surface area contributed by atoms with Gasteiger partial charge in [0, 0.05) is 37.4 Å². The maximum Gasteiger partial charge on any atom is 0.255 e. The summed E-state index contributed by atoms with van der Waals surface area (Å²) in [6.45, 7) is 4.42. The van der Waals surface area contributed by atoms with Gasteiger partial charge in [0.25, 0.3) is 5.91 Å². The van der Waals surface area contributed by atoms with Crippen LogP contribution in [0, 0.1) is 5.92 Å². The van der Waals surface area contributed by atoms with Crippen molar-refractivity contribution in [3.63, 3.8) is 0 Å². The molecule has 0 bridgehead atoms. The third kappa shape index (κ3) is 4.05. The molecule has 24 heavy (non-hydrogen) atoms. The Hall–Kier alpha value is -1.66. The lowest BCUT2D eigenvalue weighted by atomic mass is 9.99. The highest BCUT2D eigenvalue weighted by molar-refractivity contribution is 5.94. The van der Waals surface area contributed by atoms with Crippen LogP contribution in [-0.2, 0) is 4.74 Å². The largest absolute Gasteiger partial charge is 0.481 e. The van der Waals surface area contributed by atoms with E-state index < -0.39 is 0 Å². The number of aromatic nitrogens is 1. The summed E-state index contributed by atoms with van der Waals surface area (Å²) in [6, 6.07) is 3.86. The molecule has 0 saturated carbocycles. The van der Waals surface area contributed by atoms with Crippen LogP contribution in [0.4, 0.5) is 0 Å². The highest BCUT2D eigenvalue weighted by atomic mass is 16.5. The Morgan fingerprint density at radius 2 is 2.17 bits per heavy atom. The second kappa shape index (κ2) is 7.94. The third-order valence-corrected chi connectivity index (χ3v) is 5.06. The van der Waals surface area contributed by atoms with Crippen LogP contribution < -0.4 is 4.74 Å². The number of hydrogen-bond acceptors (Lipinski definition) is 5. The van der Waals surface area contributed by atoms with Gasteiger partial charge in [0.05, 0.1) is 19.3 Å². The molecule has 2 aliphatic rings. The molecule has 2 fully saturated rings. The Bertz CT molecular complexity index is 535. The zero-order valence-corrected chi connectivity index (χ0v) is 14.6. The highest BCUT2D eigenvalue weighted by Crippen LogP contribution is 2.23. The van der Waals surface area contributed by atoms with E-state index in [1.165, 1.54) is 0 Å². The summed E-state index contributed by atoms with van der Waals surface area (Å²) in [5, 5.41) is 0. The number of carbonyl (C=O) groups is 1. The maximum absolute atomic E-state index is 13.1. The minimum atomic E-state index is 0.0756. The molecule has 1 unspecified atom stereocenters. The zero-order chi connectivity index (χ0) is 16.9. The fraction of sp³-hybridized carbons (Fsp3) is 0.667. The van der Waals surface area contributed by atoms with Crippen molar-refractivity contribution >= 4 is 5.91 Å². The maximum atomic E-state index is 13.1. The van der Waals surface area contributed by atoms with Gasteiger partial charge in [0.15, 0.2) is 0 Å². The molecule has 0 aliphatic carbocycles. The molecule has 2 saturated heterocycles. The zero-order valence-electron chi connectivity index (χ0n) is 14.6. The van der Waals surface area contributed by atoms with Crippen LogP contribution in [0.1, 0.15) is 29.6 Å². The molecular weight excluding hydrogens is 306 g/mol. The first-order valence-corrected chi connectivity index (χ1v) is 8.74. The quantitative estimate of drug-likeness (QED) is 0.820. The van der Waals surface area contributed by atoms with E-state index in [-0.39, 0.29) is 5.91 Å². The Kier molecular flexibility index (Phi) is 5.68. The van der Waals surface area contributed by atoms with Crippen LogP contribution >= 0.6 is 0 Å². The van der Waals surface area contributed by atoms with Gasteiger partial charge >= 0.3 is 0 Å². The van der Waals surface area contributed by atoms with Gasteiger partial charge in [-0.25, -0.2) is 4.98 Å². The molecule has 3 heterocycles. The fourth-order valence-corrected chi connectivity index (χ4v) is 3.50. The molecule has 6 nitrogen and oxygen atoms in total. The van der Waals surface area contributed by atoms with Gasteiger partial charge in [0.1, 0.15) is 0 Å². The average Bonchev–Trinajstić information content (AvgIpc) is 3.13. The molecule has 1 amide bonds. The molecule has 6 heteroatoms. The molecule has 1 atom stereocenters. The Morgan fingerprint density at radius 3 is 2.75 bits per heavy atom. The SMILES string of the molecule is COc1ccc(C(=O)N(CC2CCOC2)C2CCN(C)CC2)cn1.